The van der Waals surface area contributed by atoms with Gasteiger partial charge in [-0.15, -0.1) is 0 Å². The van der Waals surface area contributed by atoms with Crippen molar-refractivity contribution < 1.29 is 0 Å². The number of nitrogens with zero attached hydrogens (tertiary/aromatic N) is 1. The summed E-state index contributed by atoms with van der Waals surface area (Å²) in [6, 6.07) is 0. The van der Waals surface area contributed by atoms with E-state index in [0.29, 0.717) is 0 Å². The van der Waals surface area contributed by atoms with Gasteiger partial charge in [0.2, 0.25) is 0 Å². The van der Waals surface area contributed by atoms with Gasteiger partial charge in [0.1, 0.15) is 0 Å². The third kappa shape index (κ3) is 0.798. The molecule has 0 aromatic carbocycles. The van der Waals surface area contributed by atoms with Crippen LogP contribution >= 0.6 is 0 Å². The fourth-order valence-electron chi connectivity index (χ4n) is 1.14. The minimum atomic E-state index is 1.06. The van der Waals surface area contributed by atoms with Crippen molar-refractivity contribution in [3.05, 3.63) is 48.5 Å². The number of allylic oxidation sites excluding steroid dienone is 5. The van der Waals surface area contributed by atoms with E-state index in [-0.39, 0.29) is 0 Å². The van der Waals surface area contributed by atoms with Crippen molar-refractivity contribution in [2.75, 3.05) is 0 Å². The summed E-state index contributed by atoms with van der Waals surface area (Å²) in [6.07, 6.45) is 15.8. The van der Waals surface area contributed by atoms with E-state index in [4.69, 9.17) is 0 Å². The third-order valence-corrected chi connectivity index (χ3v) is 1.65. The van der Waals surface area contributed by atoms with Gasteiger partial charge in [0.05, 0.1) is 0 Å². The van der Waals surface area contributed by atoms with E-state index in [1.54, 1.807) is 0 Å². The summed E-state index contributed by atoms with van der Waals surface area (Å²) < 4.78 is 0. The number of hydrogen-bond acceptors (Lipinski definition) is 1. The van der Waals surface area contributed by atoms with Crippen molar-refractivity contribution in [2.24, 2.45) is 0 Å². The van der Waals surface area contributed by atoms with Gasteiger partial charge in [-0.05, 0) is 18.6 Å². The Morgan fingerprint density at radius 1 is 1.20 bits per heavy atom. The largest absolute Gasteiger partial charge is 0.325 e. The first kappa shape index (κ1) is 5.54. The van der Waals surface area contributed by atoms with Crippen LogP contribution in [0.15, 0.2) is 48.5 Å². The van der Waals surface area contributed by atoms with E-state index in [9.17, 15) is 0 Å². The second-order valence-corrected chi connectivity index (χ2v) is 2.36. The zero-order valence-electron chi connectivity index (χ0n) is 5.70. The lowest BCUT2D eigenvalue weighted by Crippen LogP contribution is -2.11. The van der Waals surface area contributed by atoms with Crippen molar-refractivity contribution in [1.82, 2.24) is 4.90 Å². The Morgan fingerprint density at radius 3 is 3.10 bits per heavy atom. The predicted octanol–water partition coefficient (Wildman–Crippen LogP) is 2.17. The molecule has 1 heteroatoms. The maximum atomic E-state index is 2.21. The van der Waals surface area contributed by atoms with Gasteiger partial charge in [0, 0.05) is 18.1 Å². The Balaban J connectivity index is 2.33. The first-order valence-electron chi connectivity index (χ1n) is 3.47. The fraction of sp³-hybridized carbons (Fsp3) is 0.111. The smallest absolute Gasteiger partial charge is 0.0412 e. The molecule has 2 rings (SSSR count). The highest BCUT2D eigenvalue weighted by Gasteiger charge is 2.03. The van der Waals surface area contributed by atoms with Gasteiger partial charge in [-0.3, -0.25) is 0 Å². The van der Waals surface area contributed by atoms with Crippen LogP contribution in [0.3, 0.4) is 0 Å². The van der Waals surface area contributed by atoms with Gasteiger partial charge in [-0.2, -0.15) is 0 Å². The van der Waals surface area contributed by atoms with Crippen molar-refractivity contribution in [3.63, 3.8) is 0 Å². The molecule has 0 aromatic heterocycles. The predicted molar refractivity (Wildman–Crippen MR) is 42.0 cm³/mol. The molecular formula is C9H9N. The molecule has 2 heterocycles. The standard InChI is InChI=1S/C9H9N/c1-3-7-10-8-4-2-6-9(10)5-1/h1,3-8H,2H2. The normalized spacial score (nSPS) is 20.8. The zero-order chi connectivity index (χ0) is 6.81. The average molecular weight is 131 g/mol. The zero-order valence-corrected chi connectivity index (χ0v) is 5.70. The summed E-state index contributed by atoms with van der Waals surface area (Å²) >= 11 is 0. The van der Waals surface area contributed by atoms with E-state index in [1.807, 2.05) is 6.08 Å². The summed E-state index contributed by atoms with van der Waals surface area (Å²) in [5, 5.41) is 0. The number of fused-ring (bicyclic) bond motifs is 1. The van der Waals surface area contributed by atoms with Crippen LogP contribution in [-0.2, 0) is 0 Å². The van der Waals surface area contributed by atoms with Crippen LogP contribution < -0.4 is 0 Å². The quantitative estimate of drug-likeness (QED) is 0.487. The van der Waals surface area contributed by atoms with E-state index in [2.05, 4.69) is 41.6 Å². The molecule has 1 nitrogen and oxygen atoms in total. The molecule has 2 aliphatic heterocycles. The molecule has 0 spiro atoms. The maximum absolute atomic E-state index is 2.21. The molecule has 0 saturated heterocycles. The highest BCUT2D eigenvalue weighted by Crippen LogP contribution is 2.17. The summed E-state index contributed by atoms with van der Waals surface area (Å²) in [5.41, 5.74) is 1.28. The van der Waals surface area contributed by atoms with E-state index in [0.717, 1.165) is 6.42 Å². The molecule has 0 unspecified atom stereocenters. The Hall–Kier alpha value is -1.24. The number of rotatable bonds is 0. The minimum absolute atomic E-state index is 1.06. The molecule has 0 aliphatic carbocycles. The van der Waals surface area contributed by atoms with Gasteiger partial charge < -0.3 is 4.90 Å². The maximum Gasteiger partial charge on any atom is 0.0412 e. The lowest BCUT2D eigenvalue weighted by atomic mass is 10.2. The molecule has 0 atom stereocenters. The molecule has 0 fully saturated rings. The van der Waals surface area contributed by atoms with Gasteiger partial charge in [0.15, 0.2) is 0 Å². The van der Waals surface area contributed by atoms with Crippen LogP contribution in [0.25, 0.3) is 0 Å². The van der Waals surface area contributed by atoms with Crippen LogP contribution in [0.5, 0.6) is 0 Å². The first-order chi connectivity index (χ1) is 4.97. The summed E-state index contributed by atoms with van der Waals surface area (Å²) in [4.78, 5) is 2.11. The lowest BCUT2D eigenvalue weighted by Gasteiger charge is -2.21. The molecule has 0 saturated carbocycles. The molecule has 0 N–H and O–H groups in total. The van der Waals surface area contributed by atoms with Crippen LogP contribution in [0.1, 0.15) is 6.42 Å². The Bertz CT molecular complexity index is 243. The Kier molecular flexibility index (Phi) is 1.21. The van der Waals surface area contributed by atoms with Crippen molar-refractivity contribution >= 4 is 0 Å². The summed E-state index contributed by atoms with van der Waals surface area (Å²) in [5.74, 6) is 0. The summed E-state index contributed by atoms with van der Waals surface area (Å²) in [7, 11) is 0. The molecule has 0 bridgehead atoms. The highest BCUT2D eigenvalue weighted by atomic mass is 15.1. The molecule has 0 aromatic rings. The SMILES string of the molecule is C1=CC2=CCC=CN2C=C1. The second kappa shape index (κ2) is 2.18. The van der Waals surface area contributed by atoms with Crippen LogP contribution in [0.4, 0.5) is 0 Å². The molecule has 10 heavy (non-hydrogen) atoms. The van der Waals surface area contributed by atoms with Crippen molar-refractivity contribution in [3.8, 4) is 0 Å². The summed E-state index contributed by atoms with van der Waals surface area (Å²) in [6.45, 7) is 0. The average Bonchev–Trinajstić information content (AvgIpc) is 2.05. The number of hydrogen-bond donors (Lipinski definition) is 0. The molecule has 2 aliphatic rings. The highest BCUT2D eigenvalue weighted by molar-refractivity contribution is 5.32. The molecular weight excluding hydrogens is 122 g/mol. The topological polar surface area (TPSA) is 3.24 Å². The van der Waals surface area contributed by atoms with E-state index in [1.165, 1.54) is 5.70 Å². The Morgan fingerprint density at radius 2 is 2.20 bits per heavy atom. The monoisotopic (exact) mass is 131 g/mol. The molecule has 50 valence electrons. The van der Waals surface area contributed by atoms with Gasteiger partial charge in [-0.1, -0.05) is 18.2 Å². The Labute approximate surface area is 60.6 Å². The fourth-order valence-corrected chi connectivity index (χ4v) is 1.14. The van der Waals surface area contributed by atoms with Gasteiger partial charge in [0.25, 0.3) is 0 Å². The first-order valence-corrected chi connectivity index (χ1v) is 3.47. The molecule has 0 amide bonds. The van der Waals surface area contributed by atoms with E-state index >= 15 is 0 Å². The minimum Gasteiger partial charge on any atom is -0.325 e. The van der Waals surface area contributed by atoms with Gasteiger partial charge >= 0.3 is 0 Å². The lowest BCUT2D eigenvalue weighted by molar-refractivity contribution is 0.629. The van der Waals surface area contributed by atoms with E-state index < -0.39 is 0 Å². The van der Waals surface area contributed by atoms with Crippen molar-refractivity contribution in [1.29, 1.82) is 0 Å². The van der Waals surface area contributed by atoms with Crippen LogP contribution in [-0.4, -0.2) is 4.90 Å². The van der Waals surface area contributed by atoms with Crippen molar-refractivity contribution in [2.45, 2.75) is 6.42 Å². The molecule has 0 radical (unpaired) electrons. The van der Waals surface area contributed by atoms with Crippen LogP contribution in [0, 0.1) is 0 Å². The second-order valence-electron chi connectivity index (χ2n) is 2.36. The third-order valence-electron chi connectivity index (χ3n) is 1.65. The van der Waals surface area contributed by atoms with Crippen LogP contribution in [0.2, 0.25) is 0 Å². The van der Waals surface area contributed by atoms with Gasteiger partial charge in [-0.25, -0.2) is 0 Å².